The van der Waals surface area contributed by atoms with Crippen LogP contribution >= 0.6 is 15.9 Å². The van der Waals surface area contributed by atoms with Crippen molar-refractivity contribution in [1.82, 2.24) is 10.3 Å². The number of rotatable bonds is 4. The fourth-order valence-electron chi connectivity index (χ4n) is 2.19. The molecule has 1 heterocycles. The van der Waals surface area contributed by atoms with Gasteiger partial charge in [-0.3, -0.25) is 14.6 Å². The molecule has 1 unspecified atom stereocenters. The number of carbonyl (C=O) groups is 2. The fourth-order valence-corrected chi connectivity index (χ4v) is 2.85. The summed E-state index contributed by atoms with van der Waals surface area (Å²) in [5.41, 5.74) is -0.658. The monoisotopic (exact) mass is 414 g/mol. The molecule has 0 aliphatic heterocycles. The Morgan fingerprint density at radius 2 is 1.88 bits per heavy atom. The largest absolute Gasteiger partial charge is 0.417 e. The van der Waals surface area contributed by atoms with Crippen molar-refractivity contribution in [3.05, 3.63) is 63.4 Å². The number of nitrogens with zero attached hydrogens (tertiary/aromatic N) is 1. The molecule has 0 radical (unpaired) electrons. The Labute approximate surface area is 150 Å². The van der Waals surface area contributed by atoms with Crippen molar-refractivity contribution >= 4 is 27.6 Å². The highest BCUT2D eigenvalue weighted by molar-refractivity contribution is 9.10. The van der Waals surface area contributed by atoms with Gasteiger partial charge in [-0.1, -0.05) is 12.1 Å². The molecular weight excluding hydrogens is 401 g/mol. The number of hydrogen-bond donors (Lipinski definition) is 1. The summed E-state index contributed by atoms with van der Waals surface area (Å²) >= 11 is 3.22. The Morgan fingerprint density at radius 3 is 2.48 bits per heavy atom. The third kappa shape index (κ3) is 4.45. The molecule has 1 aromatic carbocycles. The summed E-state index contributed by atoms with van der Waals surface area (Å²) in [7, 11) is 0. The summed E-state index contributed by atoms with van der Waals surface area (Å²) in [4.78, 5) is 28.6. The lowest BCUT2D eigenvalue weighted by molar-refractivity contribution is -0.137. The zero-order valence-corrected chi connectivity index (χ0v) is 14.9. The normalized spacial score (nSPS) is 12.6. The molecule has 0 saturated heterocycles. The summed E-state index contributed by atoms with van der Waals surface area (Å²) in [6.45, 7) is 3.19. The second-order valence-corrected chi connectivity index (χ2v) is 6.30. The van der Waals surface area contributed by atoms with Gasteiger partial charge < -0.3 is 5.32 Å². The highest BCUT2D eigenvalue weighted by Crippen LogP contribution is 2.31. The van der Waals surface area contributed by atoms with Crippen LogP contribution in [0, 0.1) is 6.92 Å². The van der Waals surface area contributed by atoms with Gasteiger partial charge in [0.25, 0.3) is 5.91 Å². The Hall–Kier alpha value is -2.22. The van der Waals surface area contributed by atoms with Crippen molar-refractivity contribution < 1.29 is 22.8 Å². The van der Waals surface area contributed by atoms with Gasteiger partial charge >= 0.3 is 6.18 Å². The molecule has 0 bridgehead atoms. The summed E-state index contributed by atoms with van der Waals surface area (Å²) < 4.78 is 39.4. The average Bonchev–Trinajstić information content (AvgIpc) is 2.53. The summed E-state index contributed by atoms with van der Waals surface area (Å²) in [6, 6.07) is 5.05. The van der Waals surface area contributed by atoms with Crippen molar-refractivity contribution in [3.8, 4) is 0 Å². The van der Waals surface area contributed by atoms with E-state index in [4.69, 9.17) is 0 Å². The van der Waals surface area contributed by atoms with E-state index < -0.39 is 35.0 Å². The van der Waals surface area contributed by atoms with Crippen LogP contribution in [0.15, 0.2) is 41.0 Å². The first-order valence-corrected chi connectivity index (χ1v) is 8.04. The number of amides is 1. The van der Waals surface area contributed by atoms with E-state index in [1.54, 1.807) is 13.0 Å². The lowest BCUT2D eigenvalue weighted by Gasteiger charge is -2.16. The lowest BCUT2D eigenvalue weighted by atomic mass is 10.0. The number of halogens is 4. The van der Waals surface area contributed by atoms with Crippen molar-refractivity contribution in [2.75, 3.05) is 0 Å². The van der Waals surface area contributed by atoms with Crippen molar-refractivity contribution in [3.63, 3.8) is 0 Å². The van der Waals surface area contributed by atoms with Gasteiger partial charge in [0.2, 0.25) is 5.78 Å². The molecule has 2 rings (SSSR count). The quantitative estimate of drug-likeness (QED) is 0.763. The van der Waals surface area contributed by atoms with Gasteiger partial charge in [0.15, 0.2) is 0 Å². The first kappa shape index (κ1) is 19.1. The Kier molecular flexibility index (Phi) is 5.62. The molecule has 0 aliphatic rings. The van der Waals surface area contributed by atoms with E-state index in [-0.39, 0.29) is 5.69 Å². The number of Topliss-reactive ketones (excluding diaryl/α,β-unsaturated/α-hetero) is 1. The van der Waals surface area contributed by atoms with Gasteiger partial charge in [-0.15, -0.1) is 0 Å². The van der Waals surface area contributed by atoms with Crippen molar-refractivity contribution in [2.24, 2.45) is 0 Å². The van der Waals surface area contributed by atoms with Crippen LogP contribution in [0.3, 0.4) is 0 Å². The van der Waals surface area contributed by atoms with Gasteiger partial charge in [-0.25, -0.2) is 0 Å². The SMILES string of the molecule is Cc1cnc(C(=O)C(C)NC(=O)c2ccccc2C(F)(F)F)c(Br)c1. The number of pyridine rings is 1. The number of nitrogens with one attached hydrogen (secondary N) is 1. The second kappa shape index (κ2) is 7.35. The molecule has 25 heavy (non-hydrogen) atoms. The first-order valence-electron chi connectivity index (χ1n) is 7.24. The van der Waals surface area contributed by atoms with E-state index in [0.717, 1.165) is 17.7 Å². The van der Waals surface area contributed by atoms with Crippen LogP contribution in [0.1, 0.15) is 38.9 Å². The third-order valence-corrected chi connectivity index (χ3v) is 4.03. The minimum Gasteiger partial charge on any atom is -0.342 e. The highest BCUT2D eigenvalue weighted by Gasteiger charge is 2.35. The predicted octanol–water partition coefficient (Wildman–Crippen LogP) is 4.17. The molecule has 8 heteroatoms. The summed E-state index contributed by atoms with van der Waals surface area (Å²) in [5, 5.41) is 2.30. The number of hydrogen-bond acceptors (Lipinski definition) is 3. The molecule has 1 atom stereocenters. The molecule has 4 nitrogen and oxygen atoms in total. The van der Waals surface area contributed by atoms with Gasteiger partial charge in [0, 0.05) is 10.7 Å². The summed E-state index contributed by atoms with van der Waals surface area (Å²) in [5.74, 6) is -1.48. The van der Waals surface area contributed by atoms with E-state index in [1.165, 1.54) is 25.3 Å². The Morgan fingerprint density at radius 1 is 1.24 bits per heavy atom. The second-order valence-electron chi connectivity index (χ2n) is 5.45. The van der Waals surface area contributed by atoms with Crippen LogP contribution in [0.5, 0.6) is 0 Å². The van der Waals surface area contributed by atoms with Crippen LogP contribution in [-0.4, -0.2) is 22.7 Å². The topological polar surface area (TPSA) is 59.1 Å². The molecular formula is C17H14BrF3N2O2. The molecule has 0 spiro atoms. The van der Waals surface area contributed by atoms with E-state index in [0.29, 0.717) is 4.47 Å². The molecule has 1 amide bonds. The minimum absolute atomic E-state index is 0.0995. The number of benzene rings is 1. The van der Waals surface area contributed by atoms with E-state index in [1.807, 2.05) is 0 Å². The van der Waals surface area contributed by atoms with Crippen LogP contribution < -0.4 is 5.32 Å². The van der Waals surface area contributed by atoms with Crippen LogP contribution in [0.4, 0.5) is 13.2 Å². The predicted molar refractivity (Wildman–Crippen MR) is 89.4 cm³/mol. The zero-order chi connectivity index (χ0) is 18.8. The average molecular weight is 415 g/mol. The van der Waals surface area contributed by atoms with Crippen LogP contribution in [0.25, 0.3) is 0 Å². The number of alkyl halides is 3. The molecule has 1 N–H and O–H groups in total. The smallest absolute Gasteiger partial charge is 0.342 e. The molecule has 1 aromatic heterocycles. The van der Waals surface area contributed by atoms with Crippen molar-refractivity contribution in [1.29, 1.82) is 0 Å². The van der Waals surface area contributed by atoms with Gasteiger partial charge in [-0.05, 0) is 53.5 Å². The maximum Gasteiger partial charge on any atom is 0.417 e. The molecule has 2 aromatic rings. The van der Waals surface area contributed by atoms with Gasteiger partial charge in [0.1, 0.15) is 5.69 Å². The molecule has 0 aliphatic carbocycles. The first-order chi connectivity index (χ1) is 11.6. The van der Waals surface area contributed by atoms with E-state index >= 15 is 0 Å². The third-order valence-electron chi connectivity index (χ3n) is 3.43. The maximum absolute atomic E-state index is 13.0. The van der Waals surface area contributed by atoms with Gasteiger partial charge in [0.05, 0.1) is 17.2 Å². The van der Waals surface area contributed by atoms with Crippen LogP contribution in [0.2, 0.25) is 0 Å². The zero-order valence-electron chi connectivity index (χ0n) is 13.3. The summed E-state index contributed by atoms with van der Waals surface area (Å²) in [6.07, 6.45) is -3.17. The maximum atomic E-state index is 13.0. The Balaban J connectivity index is 2.22. The molecule has 0 saturated carbocycles. The number of ketones is 1. The van der Waals surface area contributed by atoms with E-state index in [2.05, 4.69) is 26.2 Å². The molecule has 0 fully saturated rings. The Bertz CT molecular complexity index is 822. The number of aryl methyl sites for hydroxylation is 1. The standard InChI is InChI=1S/C17H14BrF3N2O2/c1-9-7-13(18)14(22-8-9)15(24)10(2)23-16(25)11-5-3-4-6-12(11)17(19,20)21/h3-8,10H,1-2H3,(H,23,25). The fraction of sp³-hybridized carbons (Fsp3) is 0.235. The van der Waals surface area contributed by atoms with Crippen molar-refractivity contribution in [2.45, 2.75) is 26.1 Å². The number of aromatic nitrogens is 1. The lowest BCUT2D eigenvalue weighted by Crippen LogP contribution is -2.39. The highest BCUT2D eigenvalue weighted by atomic mass is 79.9. The van der Waals surface area contributed by atoms with Crippen LogP contribution in [-0.2, 0) is 6.18 Å². The minimum atomic E-state index is -4.66. The molecule has 132 valence electrons. The number of carbonyl (C=O) groups excluding carboxylic acids is 2. The van der Waals surface area contributed by atoms with E-state index in [9.17, 15) is 22.8 Å². The van der Waals surface area contributed by atoms with Gasteiger partial charge in [-0.2, -0.15) is 13.2 Å².